The molecule has 99 valence electrons. The van der Waals surface area contributed by atoms with Crippen LogP contribution < -0.4 is 4.74 Å². The van der Waals surface area contributed by atoms with E-state index in [-0.39, 0.29) is 10.6 Å². The summed E-state index contributed by atoms with van der Waals surface area (Å²) in [4.78, 5) is 0.0143. The lowest BCUT2D eigenvalue weighted by atomic mass is 10.2. The Hall–Kier alpha value is -1.92. The summed E-state index contributed by atoms with van der Waals surface area (Å²) in [5, 5.41) is 10.9. The second kappa shape index (κ2) is 5.81. The highest BCUT2D eigenvalue weighted by Crippen LogP contribution is 2.25. The molecule has 0 N–H and O–H groups in total. The zero-order chi connectivity index (χ0) is 13.8. The highest BCUT2D eigenvalue weighted by Gasteiger charge is 2.05. The molecule has 0 saturated heterocycles. The highest BCUT2D eigenvalue weighted by atomic mass is 32.2. The van der Waals surface area contributed by atoms with E-state index in [9.17, 15) is 17.9 Å². The number of rotatable bonds is 4. The minimum Gasteiger partial charge on any atom is -0.457 e. The van der Waals surface area contributed by atoms with E-state index in [1.54, 1.807) is 0 Å². The fraction of sp³-hybridized carbons (Fsp3) is 0.0769. The minimum absolute atomic E-state index is 0.0143. The molecular weight excluding hydrogens is 271 g/mol. The maximum atomic E-state index is 12.7. The van der Waals surface area contributed by atoms with Crippen LogP contribution in [-0.2, 0) is 22.4 Å². The summed E-state index contributed by atoms with van der Waals surface area (Å²) in [5.74, 6) is 0.190. The first kappa shape index (κ1) is 13.5. The van der Waals surface area contributed by atoms with Crippen molar-refractivity contribution in [2.24, 2.45) is 0 Å². The van der Waals surface area contributed by atoms with E-state index in [2.05, 4.69) is 0 Å². The molecule has 0 amide bonds. The first-order valence-corrected chi connectivity index (χ1v) is 6.56. The fourth-order valence-corrected chi connectivity index (χ4v) is 2.03. The lowest BCUT2D eigenvalue weighted by Crippen LogP contribution is -1.91. The third-order valence-corrected chi connectivity index (χ3v) is 3.06. The normalized spacial score (nSPS) is 10.7. The molecule has 0 bridgehead atoms. The van der Waals surface area contributed by atoms with Crippen LogP contribution in [0.25, 0.3) is 0 Å². The summed E-state index contributed by atoms with van der Waals surface area (Å²) in [5.41, 5.74) is 0.314. The molecule has 1 radical (unpaired) electrons. The van der Waals surface area contributed by atoms with Crippen molar-refractivity contribution in [3.8, 4) is 11.5 Å². The van der Waals surface area contributed by atoms with E-state index in [1.165, 1.54) is 42.5 Å². The van der Waals surface area contributed by atoms with E-state index in [0.717, 1.165) is 0 Å². The van der Waals surface area contributed by atoms with Gasteiger partial charge in [0.2, 0.25) is 0 Å². The molecule has 4 nitrogen and oxygen atoms in total. The monoisotopic (exact) mass is 281 g/mol. The van der Waals surface area contributed by atoms with Crippen LogP contribution in [0.1, 0.15) is 5.56 Å². The van der Waals surface area contributed by atoms with E-state index in [1.807, 2.05) is 0 Å². The molecule has 2 aromatic carbocycles. The molecule has 0 saturated carbocycles. The molecule has 0 aromatic heterocycles. The first-order valence-electron chi connectivity index (χ1n) is 5.38. The quantitative estimate of drug-likeness (QED) is 0.876. The van der Waals surface area contributed by atoms with Gasteiger partial charge in [-0.2, -0.15) is 0 Å². The molecule has 0 aliphatic rings. The molecule has 0 fully saturated rings. The summed E-state index contributed by atoms with van der Waals surface area (Å²) in [6.07, 6.45) is 0. The highest BCUT2D eigenvalue weighted by molar-refractivity contribution is 7.72. The number of thiol groups is 1. The van der Waals surface area contributed by atoms with Crippen LogP contribution in [0.5, 0.6) is 11.5 Å². The molecule has 6 heteroatoms. The van der Waals surface area contributed by atoms with Gasteiger partial charge < -0.3 is 4.74 Å². The van der Waals surface area contributed by atoms with Crippen LogP contribution in [0.3, 0.4) is 0 Å². The van der Waals surface area contributed by atoms with E-state index in [0.29, 0.717) is 11.3 Å². The van der Waals surface area contributed by atoms with Crippen LogP contribution >= 0.6 is 0 Å². The van der Waals surface area contributed by atoms with Crippen molar-refractivity contribution < 1.29 is 22.7 Å². The lowest BCUT2D eigenvalue weighted by molar-refractivity contribution is 0.177. The van der Waals surface area contributed by atoms with E-state index >= 15 is 0 Å². The SMILES string of the molecule is [O]Cc1cc(Oc2ccc(F)cc2)cc([SH](=O)=O)c1. The van der Waals surface area contributed by atoms with Gasteiger partial charge in [0.05, 0.1) is 4.90 Å². The predicted molar refractivity (Wildman–Crippen MR) is 65.9 cm³/mol. The zero-order valence-corrected chi connectivity index (χ0v) is 10.6. The van der Waals surface area contributed by atoms with Gasteiger partial charge in [-0.3, -0.25) is 0 Å². The fourth-order valence-electron chi connectivity index (χ4n) is 1.53. The van der Waals surface area contributed by atoms with Crippen LogP contribution in [0.2, 0.25) is 0 Å². The van der Waals surface area contributed by atoms with Crippen molar-refractivity contribution in [2.75, 3.05) is 0 Å². The third-order valence-electron chi connectivity index (χ3n) is 2.38. The molecule has 0 unspecified atom stereocenters. The molecule has 0 aliphatic heterocycles. The van der Waals surface area contributed by atoms with Gasteiger partial charge in [0, 0.05) is 0 Å². The van der Waals surface area contributed by atoms with Crippen molar-refractivity contribution >= 4 is 10.7 Å². The molecule has 0 spiro atoms. The van der Waals surface area contributed by atoms with Gasteiger partial charge in [0.1, 0.15) is 23.9 Å². The topological polar surface area (TPSA) is 63.3 Å². The number of hydrogen-bond donors (Lipinski definition) is 1. The number of benzene rings is 2. The van der Waals surface area contributed by atoms with Gasteiger partial charge >= 0.3 is 0 Å². The Morgan fingerprint density at radius 1 is 1.00 bits per heavy atom. The molecule has 2 rings (SSSR count). The molecule has 0 atom stereocenters. The molecular formula is C13H10FO4S. The Morgan fingerprint density at radius 2 is 1.68 bits per heavy atom. The molecule has 19 heavy (non-hydrogen) atoms. The van der Waals surface area contributed by atoms with Crippen molar-refractivity contribution in [1.82, 2.24) is 0 Å². The Balaban J connectivity index is 2.33. The first-order chi connectivity index (χ1) is 9.08. The van der Waals surface area contributed by atoms with Gasteiger partial charge in [0.25, 0.3) is 0 Å². The van der Waals surface area contributed by atoms with Gasteiger partial charge in [-0.15, -0.1) is 0 Å². The van der Waals surface area contributed by atoms with Crippen LogP contribution in [0.15, 0.2) is 47.4 Å². The van der Waals surface area contributed by atoms with Crippen LogP contribution in [-0.4, -0.2) is 8.42 Å². The Labute approximate surface area is 111 Å². The maximum absolute atomic E-state index is 12.7. The van der Waals surface area contributed by atoms with Crippen molar-refractivity contribution in [2.45, 2.75) is 11.5 Å². The third kappa shape index (κ3) is 3.52. The summed E-state index contributed by atoms with van der Waals surface area (Å²) in [6, 6.07) is 9.35. The minimum atomic E-state index is -2.79. The number of halogens is 1. The standard InChI is InChI=1S/C13H10FO4S/c14-10-1-3-11(4-2-10)18-12-5-9(8-15)6-13(7-12)19(16)17/h1-7,19H,8H2. The predicted octanol–water partition coefficient (Wildman–Crippen LogP) is 2.52. The molecule has 0 aliphatic carbocycles. The van der Waals surface area contributed by atoms with Gasteiger partial charge in [-0.25, -0.2) is 17.9 Å². The Kier molecular flexibility index (Phi) is 4.13. The number of hydrogen-bond acceptors (Lipinski definition) is 3. The average molecular weight is 281 g/mol. The Bertz CT molecular complexity index is 642. The summed E-state index contributed by atoms with van der Waals surface area (Å²) >= 11 is 0. The molecule has 2 aromatic rings. The van der Waals surface area contributed by atoms with Crippen LogP contribution in [0, 0.1) is 5.82 Å². The smallest absolute Gasteiger partial charge is 0.168 e. The average Bonchev–Trinajstić information content (AvgIpc) is 2.41. The second-order valence-electron chi connectivity index (χ2n) is 3.79. The van der Waals surface area contributed by atoms with Gasteiger partial charge in [-0.05, 0) is 48.0 Å². The van der Waals surface area contributed by atoms with Crippen LogP contribution in [0.4, 0.5) is 4.39 Å². The summed E-state index contributed by atoms with van der Waals surface area (Å²) in [6.45, 7) is -0.545. The largest absolute Gasteiger partial charge is 0.457 e. The van der Waals surface area contributed by atoms with Gasteiger partial charge in [-0.1, -0.05) is 0 Å². The summed E-state index contributed by atoms with van der Waals surface area (Å²) < 4.78 is 40.0. The van der Waals surface area contributed by atoms with E-state index in [4.69, 9.17) is 4.74 Å². The van der Waals surface area contributed by atoms with Crippen molar-refractivity contribution in [1.29, 1.82) is 0 Å². The number of ether oxygens (including phenoxy) is 1. The van der Waals surface area contributed by atoms with Crippen molar-refractivity contribution in [3.05, 3.63) is 53.8 Å². The summed E-state index contributed by atoms with van der Waals surface area (Å²) in [7, 11) is -2.79. The second-order valence-corrected chi connectivity index (χ2v) is 4.82. The van der Waals surface area contributed by atoms with Gasteiger partial charge in [0.15, 0.2) is 10.7 Å². The lowest BCUT2D eigenvalue weighted by Gasteiger charge is -2.07. The molecule has 0 heterocycles. The Morgan fingerprint density at radius 3 is 2.26 bits per heavy atom. The van der Waals surface area contributed by atoms with Crippen molar-refractivity contribution in [3.63, 3.8) is 0 Å². The van der Waals surface area contributed by atoms with E-state index < -0.39 is 23.1 Å². The zero-order valence-electron chi connectivity index (χ0n) is 9.71. The maximum Gasteiger partial charge on any atom is 0.168 e.